The van der Waals surface area contributed by atoms with Crippen LogP contribution in [0.1, 0.15) is 31.9 Å². The average molecular weight is 234 g/mol. The fourth-order valence-electron chi connectivity index (χ4n) is 1.49. The van der Waals surface area contributed by atoms with Crippen molar-refractivity contribution in [3.05, 3.63) is 35.4 Å². The molecule has 0 unspecified atom stereocenters. The summed E-state index contributed by atoms with van der Waals surface area (Å²) in [6.45, 7) is 6.33. The number of methoxy groups -OCH3 is 1. The van der Waals surface area contributed by atoms with Crippen molar-refractivity contribution in [3.8, 4) is 5.75 Å². The number of carboxylic acid groups (broad SMARTS) is 1. The molecule has 0 bridgehead atoms. The van der Waals surface area contributed by atoms with Crippen LogP contribution in [0, 0.1) is 0 Å². The maximum absolute atomic E-state index is 10.5. The zero-order chi connectivity index (χ0) is 13.1. The minimum absolute atomic E-state index is 0.0259. The summed E-state index contributed by atoms with van der Waals surface area (Å²) in [6, 6.07) is 5.82. The highest BCUT2D eigenvalue weighted by Gasteiger charge is 2.15. The molecule has 0 saturated carbocycles. The number of benzene rings is 1. The van der Waals surface area contributed by atoms with Crippen molar-refractivity contribution in [2.75, 3.05) is 7.11 Å². The average Bonchev–Trinajstić information content (AvgIpc) is 2.24. The van der Waals surface area contributed by atoms with Gasteiger partial charge < -0.3 is 9.84 Å². The predicted molar refractivity (Wildman–Crippen MR) is 68.4 cm³/mol. The van der Waals surface area contributed by atoms with Gasteiger partial charge in [0.15, 0.2) is 0 Å². The van der Waals surface area contributed by atoms with Crippen LogP contribution < -0.4 is 4.74 Å². The summed E-state index contributed by atoms with van der Waals surface area (Å²) in [7, 11) is 1.57. The molecule has 0 aromatic heterocycles. The van der Waals surface area contributed by atoms with Gasteiger partial charge >= 0.3 is 5.97 Å². The molecule has 0 aliphatic rings. The van der Waals surface area contributed by atoms with E-state index in [1.807, 2.05) is 18.2 Å². The number of hydrogen-bond acceptors (Lipinski definition) is 2. The summed E-state index contributed by atoms with van der Waals surface area (Å²) < 4.78 is 5.20. The molecule has 1 aromatic rings. The van der Waals surface area contributed by atoms with Crippen molar-refractivity contribution in [3.63, 3.8) is 0 Å². The highest BCUT2D eigenvalue weighted by atomic mass is 16.5. The van der Waals surface area contributed by atoms with Crippen LogP contribution in [0.5, 0.6) is 5.75 Å². The predicted octanol–water partition coefficient (Wildman–Crippen LogP) is 3.09. The van der Waals surface area contributed by atoms with Crippen LogP contribution in [0.2, 0.25) is 0 Å². The quantitative estimate of drug-likeness (QED) is 0.817. The Hall–Kier alpha value is -1.77. The number of rotatable bonds is 3. The van der Waals surface area contributed by atoms with Gasteiger partial charge in [-0.15, -0.1) is 0 Å². The smallest absolute Gasteiger partial charge is 0.328 e. The van der Waals surface area contributed by atoms with E-state index in [-0.39, 0.29) is 5.41 Å². The Morgan fingerprint density at radius 2 is 2.00 bits per heavy atom. The highest BCUT2D eigenvalue weighted by molar-refractivity contribution is 5.86. The Labute approximate surface area is 102 Å². The van der Waals surface area contributed by atoms with E-state index in [1.54, 1.807) is 13.2 Å². The van der Waals surface area contributed by atoms with Crippen molar-refractivity contribution in [2.24, 2.45) is 0 Å². The maximum Gasteiger partial charge on any atom is 0.328 e. The van der Waals surface area contributed by atoms with Gasteiger partial charge in [0, 0.05) is 11.6 Å². The first-order valence-electron chi connectivity index (χ1n) is 5.44. The second-order valence-electron chi connectivity index (χ2n) is 4.88. The summed E-state index contributed by atoms with van der Waals surface area (Å²) in [5, 5.41) is 8.64. The largest absolute Gasteiger partial charge is 0.496 e. The summed E-state index contributed by atoms with van der Waals surface area (Å²) in [5.41, 5.74) is 1.95. The fourth-order valence-corrected chi connectivity index (χ4v) is 1.49. The zero-order valence-electron chi connectivity index (χ0n) is 10.7. The summed E-state index contributed by atoms with van der Waals surface area (Å²) in [6.07, 6.45) is 2.67. The van der Waals surface area contributed by atoms with E-state index >= 15 is 0 Å². The summed E-state index contributed by atoms with van der Waals surface area (Å²) in [5.74, 6) is -0.288. The number of ether oxygens (including phenoxy) is 1. The summed E-state index contributed by atoms with van der Waals surface area (Å²) >= 11 is 0. The van der Waals surface area contributed by atoms with Gasteiger partial charge in [0.05, 0.1) is 7.11 Å². The first kappa shape index (κ1) is 13.3. The van der Waals surface area contributed by atoms with Crippen molar-refractivity contribution in [1.29, 1.82) is 0 Å². The maximum atomic E-state index is 10.5. The third-order valence-electron chi connectivity index (χ3n) is 2.50. The molecule has 0 heterocycles. The van der Waals surface area contributed by atoms with E-state index in [4.69, 9.17) is 9.84 Å². The molecular formula is C14H18O3. The molecule has 1 rings (SSSR count). The topological polar surface area (TPSA) is 46.5 Å². The van der Waals surface area contributed by atoms with E-state index < -0.39 is 5.97 Å². The molecule has 0 fully saturated rings. The Balaban J connectivity index is 3.20. The SMILES string of the molecule is COc1ccc(C(C)(C)C)cc1/C=C/C(=O)O. The number of carboxylic acids is 1. The standard InChI is InChI=1S/C14H18O3/c1-14(2,3)11-6-7-12(17-4)10(9-11)5-8-13(15)16/h5-9H,1-4H3,(H,15,16)/b8-5+. The Morgan fingerprint density at radius 3 is 2.47 bits per heavy atom. The van der Waals surface area contributed by atoms with Gasteiger partial charge in [0.25, 0.3) is 0 Å². The Kier molecular flexibility index (Phi) is 3.94. The molecule has 92 valence electrons. The van der Waals surface area contributed by atoms with Crippen LogP contribution in [0.3, 0.4) is 0 Å². The summed E-state index contributed by atoms with van der Waals surface area (Å²) in [4.78, 5) is 10.5. The first-order chi connectivity index (χ1) is 7.84. The second kappa shape index (κ2) is 5.04. The van der Waals surface area contributed by atoms with E-state index in [2.05, 4.69) is 20.8 Å². The molecule has 0 aliphatic heterocycles. The van der Waals surface area contributed by atoms with Crippen LogP contribution in [0.4, 0.5) is 0 Å². The lowest BCUT2D eigenvalue weighted by atomic mass is 9.86. The molecule has 0 radical (unpaired) electrons. The number of hydrogen-bond donors (Lipinski definition) is 1. The normalized spacial score (nSPS) is 11.8. The molecule has 0 saturated heterocycles. The van der Waals surface area contributed by atoms with Gasteiger partial charge in [-0.1, -0.05) is 26.8 Å². The van der Waals surface area contributed by atoms with E-state index in [1.165, 1.54) is 0 Å². The van der Waals surface area contributed by atoms with Crippen LogP contribution in [0.25, 0.3) is 6.08 Å². The molecule has 0 atom stereocenters. The molecule has 0 spiro atoms. The Bertz CT molecular complexity index is 439. The molecular weight excluding hydrogens is 216 g/mol. The minimum atomic E-state index is -0.965. The van der Waals surface area contributed by atoms with Gasteiger partial charge in [-0.2, -0.15) is 0 Å². The van der Waals surface area contributed by atoms with Crippen molar-refractivity contribution < 1.29 is 14.6 Å². The van der Waals surface area contributed by atoms with E-state index in [0.717, 1.165) is 17.2 Å². The second-order valence-corrected chi connectivity index (χ2v) is 4.88. The lowest BCUT2D eigenvalue weighted by molar-refractivity contribution is -0.131. The van der Waals surface area contributed by atoms with Crippen LogP contribution in [-0.2, 0) is 10.2 Å². The molecule has 17 heavy (non-hydrogen) atoms. The number of carbonyl (C=O) groups is 1. The van der Waals surface area contributed by atoms with Gasteiger partial charge in [0.2, 0.25) is 0 Å². The molecule has 1 aromatic carbocycles. The minimum Gasteiger partial charge on any atom is -0.496 e. The number of aliphatic carboxylic acids is 1. The first-order valence-corrected chi connectivity index (χ1v) is 5.44. The monoisotopic (exact) mass is 234 g/mol. The van der Waals surface area contributed by atoms with Gasteiger partial charge in [0.1, 0.15) is 5.75 Å². The van der Waals surface area contributed by atoms with E-state index in [9.17, 15) is 4.79 Å². The van der Waals surface area contributed by atoms with Gasteiger partial charge in [-0.25, -0.2) is 4.79 Å². The molecule has 1 N–H and O–H groups in total. The fraction of sp³-hybridized carbons (Fsp3) is 0.357. The van der Waals surface area contributed by atoms with Crippen LogP contribution >= 0.6 is 0 Å². The molecule has 3 heteroatoms. The van der Waals surface area contributed by atoms with Crippen molar-refractivity contribution in [2.45, 2.75) is 26.2 Å². The molecule has 0 aliphatic carbocycles. The molecule has 0 amide bonds. The highest BCUT2D eigenvalue weighted by Crippen LogP contribution is 2.28. The van der Waals surface area contributed by atoms with Crippen LogP contribution in [0.15, 0.2) is 24.3 Å². The van der Waals surface area contributed by atoms with Gasteiger partial charge in [-0.05, 0) is 29.2 Å². The lowest BCUT2D eigenvalue weighted by Crippen LogP contribution is -2.11. The van der Waals surface area contributed by atoms with Crippen LogP contribution in [-0.4, -0.2) is 18.2 Å². The third kappa shape index (κ3) is 3.63. The zero-order valence-corrected chi connectivity index (χ0v) is 10.7. The molecule has 3 nitrogen and oxygen atoms in total. The van der Waals surface area contributed by atoms with Crippen molar-refractivity contribution in [1.82, 2.24) is 0 Å². The Morgan fingerprint density at radius 1 is 1.35 bits per heavy atom. The lowest BCUT2D eigenvalue weighted by Gasteiger charge is -2.20. The van der Waals surface area contributed by atoms with E-state index in [0.29, 0.717) is 5.75 Å². The van der Waals surface area contributed by atoms with Crippen molar-refractivity contribution >= 4 is 12.0 Å². The third-order valence-corrected chi connectivity index (χ3v) is 2.50. The van der Waals surface area contributed by atoms with Gasteiger partial charge in [-0.3, -0.25) is 0 Å².